The fourth-order valence-electron chi connectivity index (χ4n) is 1.59. The lowest BCUT2D eigenvalue weighted by Crippen LogP contribution is -2.21. The van der Waals surface area contributed by atoms with Gasteiger partial charge in [-0.3, -0.25) is 0 Å². The molecule has 5 heteroatoms. The highest BCUT2D eigenvalue weighted by Gasteiger charge is 2.05. The molecule has 0 aliphatic carbocycles. The largest absolute Gasteiger partial charge is 0.310 e. The second-order valence-electron chi connectivity index (χ2n) is 4.71. The van der Waals surface area contributed by atoms with Crippen molar-refractivity contribution in [2.75, 3.05) is 0 Å². The molecule has 1 heterocycles. The molecule has 1 aromatic carbocycles. The zero-order valence-electron chi connectivity index (χ0n) is 11.4. The Morgan fingerprint density at radius 3 is 2.70 bits per heavy atom. The van der Waals surface area contributed by atoms with Crippen LogP contribution in [0.3, 0.4) is 0 Å². The topological polar surface area (TPSA) is 24.9 Å². The molecule has 106 valence electrons. The predicted octanol–water partition coefficient (Wildman–Crippen LogP) is 5.15. The van der Waals surface area contributed by atoms with E-state index in [2.05, 4.69) is 52.2 Å². The standard InChI is InChI=1S/C15H16BrClN2S/c1-10(2)18-8-11-3-5-13(7-14(11)17)20-15-6-4-12(16)9-19-15/h3-7,9-10,18H,8H2,1-2H3. The van der Waals surface area contributed by atoms with Crippen molar-refractivity contribution in [3.8, 4) is 0 Å². The second kappa shape index (κ2) is 7.46. The molecule has 0 radical (unpaired) electrons. The highest BCUT2D eigenvalue weighted by Crippen LogP contribution is 2.30. The van der Waals surface area contributed by atoms with Crippen LogP contribution >= 0.6 is 39.3 Å². The predicted molar refractivity (Wildman–Crippen MR) is 89.5 cm³/mol. The van der Waals surface area contributed by atoms with E-state index in [4.69, 9.17) is 11.6 Å². The Balaban J connectivity index is 2.06. The van der Waals surface area contributed by atoms with Gasteiger partial charge in [-0.1, -0.05) is 43.3 Å². The van der Waals surface area contributed by atoms with Gasteiger partial charge < -0.3 is 5.32 Å². The summed E-state index contributed by atoms with van der Waals surface area (Å²) in [4.78, 5) is 5.44. The highest BCUT2D eigenvalue weighted by molar-refractivity contribution is 9.10. The van der Waals surface area contributed by atoms with Crippen LogP contribution in [0.25, 0.3) is 0 Å². The Labute approximate surface area is 137 Å². The van der Waals surface area contributed by atoms with Crippen molar-refractivity contribution in [3.63, 3.8) is 0 Å². The molecule has 0 amide bonds. The third-order valence-corrected chi connectivity index (χ3v) is 4.41. The van der Waals surface area contributed by atoms with Gasteiger partial charge in [0.05, 0.1) is 0 Å². The smallest absolute Gasteiger partial charge is 0.101 e. The lowest BCUT2D eigenvalue weighted by Gasteiger charge is -2.10. The fraction of sp³-hybridized carbons (Fsp3) is 0.267. The summed E-state index contributed by atoms with van der Waals surface area (Å²) in [5.74, 6) is 0. The summed E-state index contributed by atoms with van der Waals surface area (Å²) < 4.78 is 0.981. The normalized spacial score (nSPS) is 11.1. The van der Waals surface area contributed by atoms with E-state index in [9.17, 15) is 0 Å². The van der Waals surface area contributed by atoms with E-state index in [-0.39, 0.29) is 0 Å². The van der Waals surface area contributed by atoms with Gasteiger partial charge in [0.15, 0.2) is 0 Å². The minimum atomic E-state index is 0.451. The number of nitrogens with one attached hydrogen (secondary N) is 1. The molecule has 0 spiro atoms. The summed E-state index contributed by atoms with van der Waals surface area (Å²) in [7, 11) is 0. The molecule has 0 bridgehead atoms. The molecule has 0 saturated heterocycles. The maximum atomic E-state index is 6.32. The van der Waals surface area contributed by atoms with Gasteiger partial charge in [-0.2, -0.15) is 0 Å². The van der Waals surface area contributed by atoms with Crippen LogP contribution in [-0.4, -0.2) is 11.0 Å². The van der Waals surface area contributed by atoms with Crippen LogP contribution in [0.4, 0.5) is 0 Å². The van der Waals surface area contributed by atoms with E-state index in [0.717, 1.165) is 31.5 Å². The Morgan fingerprint density at radius 1 is 1.30 bits per heavy atom. The summed E-state index contributed by atoms with van der Waals surface area (Å²) in [6, 6.07) is 10.6. The van der Waals surface area contributed by atoms with Crippen LogP contribution in [0, 0.1) is 0 Å². The number of hydrogen-bond donors (Lipinski definition) is 1. The van der Waals surface area contributed by atoms with Gasteiger partial charge in [0, 0.05) is 33.2 Å². The minimum Gasteiger partial charge on any atom is -0.310 e. The monoisotopic (exact) mass is 370 g/mol. The van der Waals surface area contributed by atoms with E-state index in [1.54, 1.807) is 18.0 Å². The van der Waals surface area contributed by atoms with Gasteiger partial charge in [-0.25, -0.2) is 4.98 Å². The van der Waals surface area contributed by atoms with Crippen LogP contribution in [0.5, 0.6) is 0 Å². The van der Waals surface area contributed by atoms with Crippen LogP contribution in [0.2, 0.25) is 5.02 Å². The molecule has 2 nitrogen and oxygen atoms in total. The van der Waals surface area contributed by atoms with Crippen molar-refractivity contribution in [1.29, 1.82) is 0 Å². The summed E-state index contributed by atoms with van der Waals surface area (Å²) in [6.45, 7) is 5.03. The van der Waals surface area contributed by atoms with Crippen molar-refractivity contribution >= 4 is 39.3 Å². The average molecular weight is 372 g/mol. The molecular weight excluding hydrogens is 356 g/mol. The number of hydrogen-bond acceptors (Lipinski definition) is 3. The summed E-state index contributed by atoms with van der Waals surface area (Å²) in [5, 5.41) is 5.12. The van der Waals surface area contributed by atoms with Crippen LogP contribution in [0.1, 0.15) is 19.4 Å². The number of aromatic nitrogens is 1. The summed E-state index contributed by atoms with van der Waals surface area (Å²) in [6.07, 6.45) is 1.80. The maximum absolute atomic E-state index is 6.32. The molecule has 20 heavy (non-hydrogen) atoms. The number of rotatable bonds is 5. The lowest BCUT2D eigenvalue weighted by atomic mass is 10.2. The van der Waals surface area contributed by atoms with E-state index in [1.807, 2.05) is 18.2 Å². The first kappa shape index (κ1) is 15.8. The molecule has 0 saturated carbocycles. The Bertz CT molecular complexity index is 573. The van der Waals surface area contributed by atoms with Crippen LogP contribution in [-0.2, 0) is 6.54 Å². The molecule has 1 aromatic heterocycles. The van der Waals surface area contributed by atoms with Crippen molar-refractivity contribution in [3.05, 3.63) is 51.6 Å². The molecule has 2 rings (SSSR count). The number of pyridine rings is 1. The average Bonchev–Trinajstić information content (AvgIpc) is 2.40. The van der Waals surface area contributed by atoms with Crippen LogP contribution < -0.4 is 5.32 Å². The van der Waals surface area contributed by atoms with Crippen molar-refractivity contribution < 1.29 is 0 Å². The highest BCUT2D eigenvalue weighted by atomic mass is 79.9. The van der Waals surface area contributed by atoms with Crippen molar-refractivity contribution in [2.45, 2.75) is 36.4 Å². The van der Waals surface area contributed by atoms with E-state index >= 15 is 0 Å². The minimum absolute atomic E-state index is 0.451. The van der Waals surface area contributed by atoms with E-state index < -0.39 is 0 Å². The number of halogens is 2. The lowest BCUT2D eigenvalue weighted by molar-refractivity contribution is 0.589. The molecule has 0 atom stereocenters. The first-order chi connectivity index (χ1) is 9.54. The maximum Gasteiger partial charge on any atom is 0.101 e. The third-order valence-electron chi connectivity index (χ3n) is 2.65. The molecule has 0 aliphatic heterocycles. The third kappa shape index (κ3) is 4.77. The summed E-state index contributed by atoms with van der Waals surface area (Å²) >= 11 is 11.3. The zero-order chi connectivity index (χ0) is 14.5. The molecule has 0 unspecified atom stereocenters. The van der Waals surface area contributed by atoms with E-state index in [1.165, 1.54) is 0 Å². The van der Waals surface area contributed by atoms with Gasteiger partial charge in [0.25, 0.3) is 0 Å². The molecule has 0 aliphatic rings. The fourth-order valence-corrected chi connectivity index (χ4v) is 2.93. The zero-order valence-corrected chi connectivity index (χ0v) is 14.5. The van der Waals surface area contributed by atoms with Gasteiger partial charge in [-0.05, 0) is 45.8 Å². The second-order valence-corrected chi connectivity index (χ2v) is 7.12. The molecule has 0 fully saturated rings. The Kier molecular flexibility index (Phi) is 5.90. The van der Waals surface area contributed by atoms with Gasteiger partial charge in [-0.15, -0.1) is 0 Å². The quantitative estimate of drug-likeness (QED) is 0.787. The Hall–Kier alpha value is -0.550. The molecular formula is C15H16BrClN2S. The number of benzene rings is 1. The Morgan fingerprint density at radius 2 is 2.10 bits per heavy atom. The summed E-state index contributed by atoms with van der Waals surface area (Å²) in [5.41, 5.74) is 1.12. The van der Waals surface area contributed by atoms with Gasteiger partial charge >= 0.3 is 0 Å². The van der Waals surface area contributed by atoms with Crippen molar-refractivity contribution in [1.82, 2.24) is 10.3 Å². The molecule has 1 N–H and O–H groups in total. The molecule has 2 aromatic rings. The SMILES string of the molecule is CC(C)NCc1ccc(Sc2ccc(Br)cn2)cc1Cl. The van der Waals surface area contributed by atoms with Crippen LogP contribution in [0.15, 0.2) is 50.9 Å². The van der Waals surface area contributed by atoms with Crippen molar-refractivity contribution in [2.24, 2.45) is 0 Å². The number of nitrogens with zero attached hydrogens (tertiary/aromatic N) is 1. The van der Waals surface area contributed by atoms with Gasteiger partial charge in [0.2, 0.25) is 0 Å². The first-order valence-electron chi connectivity index (χ1n) is 6.36. The first-order valence-corrected chi connectivity index (χ1v) is 8.34. The van der Waals surface area contributed by atoms with E-state index in [0.29, 0.717) is 6.04 Å². The van der Waals surface area contributed by atoms with Gasteiger partial charge in [0.1, 0.15) is 5.03 Å².